The van der Waals surface area contributed by atoms with E-state index in [4.69, 9.17) is 21.1 Å². The van der Waals surface area contributed by atoms with Gasteiger partial charge in [-0.1, -0.05) is 48.0 Å². The quantitative estimate of drug-likeness (QED) is 0.665. The summed E-state index contributed by atoms with van der Waals surface area (Å²) >= 11 is 6.21. The van der Waals surface area contributed by atoms with Crippen LogP contribution in [0, 0.1) is 0 Å². The maximum atomic E-state index is 12.5. The van der Waals surface area contributed by atoms with E-state index in [0.29, 0.717) is 35.2 Å². The largest absolute Gasteiger partial charge is 0.486 e. The Morgan fingerprint density at radius 3 is 2.50 bits per heavy atom. The van der Waals surface area contributed by atoms with Crippen molar-refractivity contribution in [2.75, 3.05) is 11.3 Å². The van der Waals surface area contributed by atoms with E-state index < -0.39 is 10.0 Å². The fourth-order valence-corrected chi connectivity index (χ4v) is 4.29. The Morgan fingerprint density at radius 2 is 1.71 bits per heavy atom. The van der Waals surface area contributed by atoms with Crippen molar-refractivity contribution in [3.05, 3.63) is 83.4 Å². The number of hydrogen-bond acceptors (Lipinski definition) is 4. The second kappa shape index (κ2) is 7.73. The molecule has 0 aromatic heterocycles. The number of halogens is 1. The monoisotopic (exact) mass is 415 g/mol. The third kappa shape index (κ3) is 4.08. The lowest BCUT2D eigenvalue weighted by molar-refractivity contribution is 0.0914. The first-order chi connectivity index (χ1) is 13.5. The Bertz CT molecular complexity index is 1090. The zero-order chi connectivity index (χ0) is 19.6. The average molecular weight is 416 g/mol. The highest BCUT2D eigenvalue weighted by Gasteiger charge is 2.23. The zero-order valence-corrected chi connectivity index (χ0v) is 16.4. The molecule has 0 spiro atoms. The van der Waals surface area contributed by atoms with Gasteiger partial charge in [0, 0.05) is 17.5 Å². The molecular weight excluding hydrogens is 398 g/mol. The average Bonchev–Trinajstić information content (AvgIpc) is 2.70. The fourth-order valence-electron chi connectivity index (χ4n) is 3.00. The van der Waals surface area contributed by atoms with Crippen LogP contribution in [0.15, 0.2) is 77.7 Å². The minimum Gasteiger partial charge on any atom is -0.486 e. The van der Waals surface area contributed by atoms with Gasteiger partial charge in [0.15, 0.2) is 11.5 Å². The predicted molar refractivity (Wildman–Crippen MR) is 109 cm³/mol. The van der Waals surface area contributed by atoms with Gasteiger partial charge in [-0.3, -0.25) is 4.72 Å². The van der Waals surface area contributed by atoms with E-state index in [9.17, 15) is 8.42 Å². The molecule has 0 radical (unpaired) electrons. The van der Waals surface area contributed by atoms with Crippen LogP contribution >= 0.6 is 11.6 Å². The topological polar surface area (TPSA) is 64.6 Å². The van der Waals surface area contributed by atoms with E-state index in [-0.39, 0.29) is 11.0 Å². The van der Waals surface area contributed by atoms with E-state index in [0.717, 1.165) is 5.56 Å². The molecular formula is C21H18ClNO4S. The molecule has 4 rings (SSSR count). The van der Waals surface area contributed by atoms with Gasteiger partial charge in [0.1, 0.15) is 12.7 Å². The van der Waals surface area contributed by atoms with Gasteiger partial charge in [-0.05, 0) is 35.9 Å². The minimum atomic E-state index is -3.66. The first-order valence-corrected chi connectivity index (χ1v) is 10.6. The molecule has 7 heteroatoms. The molecule has 0 fully saturated rings. The van der Waals surface area contributed by atoms with Gasteiger partial charge in [0.25, 0.3) is 10.0 Å². The minimum absolute atomic E-state index is 0.167. The van der Waals surface area contributed by atoms with Gasteiger partial charge in [0.05, 0.1) is 10.6 Å². The van der Waals surface area contributed by atoms with Crippen molar-refractivity contribution >= 4 is 27.3 Å². The number of benzene rings is 3. The zero-order valence-electron chi connectivity index (χ0n) is 14.8. The molecule has 1 unspecified atom stereocenters. The highest BCUT2D eigenvalue weighted by Crippen LogP contribution is 2.35. The number of sulfonamides is 1. The maximum Gasteiger partial charge on any atom is 0.261 e. The van der Waals surface area contributed by atoms with Crippen LogP contribution < -0.4 is 14.2 Å². The van der Waals surface area contributed by atoms with Crippen molar-refractivity contribution in [1.82, 2.24) is 0 Å². The van der Waals surface area contributed by atoms with Crippen LogP contribution in [0.2, 0.25) is 5.02 Å². The molecule has 0 amide bonds. The Morgan fingerprint density at radius 1 is 0.964 bits per heavy atom. The molecule has 144 valence electrons. The van der Waals surface area contributed by atoms with Crippen molar-refractivity contribution in [2.24, 2.45) is 0 Å². The first kappa shape index (κ1) is 18.7. The van der Waals surface area contributed by atoms with Crippen LogP contribution in [0.3, 0.4) is 0 Å². The van der Waals surface area contributed by atoms with Crippen LogP contribution in [-0.2, 0) is 16.4 Å². The number of hydrogen-bond donors (Lipinski definition) is 1. The summed E-state index contributed by atoms with van der Waals surface area (Å²) in [6, 6.07) is 20.8. The second-order valence-electron chi connectivity index (χ2n) is 6.43. The molecule has 1 heterocycles. The van der Waals surface area contributed by atoms with Gasteiger partial charge >= 0.3 is 0 Å². The normalized spacial score (nSPS) is 15.8. The van der Waals surface area contributed by atoms with Crippen LogP contribution in [0.1, 0.15) is 5.56 Å². The van der Waals surface area contributed by atoms with Gasteiger partial charge in [-0.25, -0.2) is 8.42 Å². The van der Waals surface area contributed by atoms with E-state index in [2.05, 4.69) is 4.72 Å². The molecule has 1 aliphatic rings. The van der Waals surface area contributed by atoms with E-state index >= 15 is 0 Å². The molecule has 0 aliphatic carbocycles. The lowest BCUT2D eigenvalue weighted by Gasteiger charge is -2.27. The summed E-state index contributed by atoms with van der Waals surface area (Å²) in [7, 11) is -3.66. The Balaban J connectivity index is 1.48. The summed E-state index contributed by atoms with van der Waals surface area (Å²) in [5, 5.41) is 0.697. The predicted octanol–water partition coefficient (Wildman–Crippen LogP) is 4.52. The summed E-state index contributed by atoms with van der Waals surface area (Å²) in [6.07, 6.45) is 0.459. The summed E-state index contributed by atoms with van der Waals surface area (Å²) in [4.78, 5) is 0.199. The Labute approximate surface area is 168 Å². The number of anilines is 1. The molecule has 0 bridgehead atoms. The summed E-state index contributed by atoms with van der Waals surface area (Å²) < 4.78 is 39.3. The molecule has 0 saturated heterocycles. The van der Waals surface area contributed by atoms with Crippen LogP contribution in [0.25, 0.3) is 0 Å². The molecule has 3 aromatic rings. The standard InChI is InChI=1S/C21H18ClNO4S/c22-19-9-5-4-6-15(19)12-17-14-26-21-13-16(10-11-20(21)27-17)23-28(24,25)18-7-2-1-3-8-18/h1-11,13,17,23H,12,14H2. The summed E-state index contributed by atoms with van der Waals surface area (Å²) in [6.45, 7) is 0.354. The van der Waals surface area contributed by atoms with E-state index in [1.54, 1.807) is 48.5 Å². The van der Waals surface area contributed by atoms with Crippen molar-refractivity contribution in [3.8, 4) is 11.5 Å². The van der Waals surface area contributed by atoms with Gasteiger partial charge in [-0.15, -0.1) is 0 Å². The molecule has 0 saturated carbocycles. The molecule has 1 aliphatic heterocycles. The van der Waals surface area contributed by atoms with E-state index in [1.807, 2.05) is 24.3 Å². The number of ether oxygens (including phenoxy) is 2. The molecule has 28 heavy (non-hydrogen) atoms. The number of fused-ring (bicyclic) bond motifs is 1. The molecule has 1 N–H and O–H groups in total. The Kier molecular flexibility index (Phi) is 5.15. The summed E-state index contributed by atoms with van der Waals surface area (Å²) in [5.41, 5.74) is 1.41. The Hall–Kier alpha value is -2.70. The van der Waals surface area contributed by atoms with Crippen molar-refractivity contribution in [1.29, 1.82) is 0 Å². The lowest BCUT2D eigenvalue weighted by Crippen LogP contribution is -2.31. The van der Waals surface area contributed by atoms with Gasteiger partial charge in [0.2, 0.25) is 0 Å². The third-order valence-corrected chi connectivity index (χ3v) is 6.14. The van der Waals surface area contributed by atoms with Crippen molar-refractivity contribution in [3.63, 3.8) is 0 Å². The van der Waals surface area contributed by atoms with Crippen LogP contribution in [-0.4, -0.2) is 21.1 Å². The SMILES string of the molecule is O=S(=O)(Nc1ccc2c(c1)OCC(Cc1ccccc1Cl)O2)c1ccccc1. The number of rotatable bonds is 5. The number of nitrogens with one attached hydrogen (secondary N) is 1. The molecule has 5 nitrogen and oxygen atoms in total. The lowest BCUT2D eigenvalue weighted by atomic mass is 10.1. The highest BCUT2D eigenvalue weighted by molar-refractivity contribution is 7.92. The summed E-state index contributed by atoms with van der Waals surface area (Å²) in [5.74, 6) is 1.08. The molecule has 3 aromatic carbocycles. The van der Waals surface area contributed by atoms with Gasteiger partial charge < -0.3 is 9.47 Å². The second-order valence-corrected chi connectivity index (χ2v) is 8.52. The van der Waals surface area contributed by atoms with Gasteiger partial charge in [-0.2, -0.15) is 0 Å². The molecule has 1 atom stereocenters. The van der Waals surface area contributed by atoms with E-state index in [1.165, 1.54) is 0 Å². The third-order valence-electron chi connectivity index (χ3n) is 4.37. The highest BCUT2D eigenvalue weighted by atomic mass is 35.5. The smallest absolute Gasteiger partial charge is 0.261 e. The fraction of sp³-hybridized carbons (Fsp3) is 0.143. The maximum absolute atomic E-state index is 12.5. The van der Waals surface area contributed by atoms with Crippen molar-refractivity contribution in [2.45, 2.75) is 17.4 Å². The van der Waals surface area contributed by atoms with Crippen molar-refractivity contribution < 1.29 is 17.9 Å². The first-order valence-electron chi connectivity index (χ1n) is 8.76. The van der Waals surface area contributed by atoms with Crippen LogP contribution in [0.5, 0.6) is 11.5 Å². The van der Waals surface area contributed by atoms with Crippen LogP contribution in [0.4, 0.5) is 5.69 Å².